The van der Waals surface area contributed by atoms with Crippen molar-refractivity contribution < 1.29 is 9.59 Å². The molecule has 0 saturated heterocycles. The molecule has 1 aromatic carbocycles. The van der Waals surface area contributed by atoms with E-state index in [2.05, 4.69) is 10.6 Å². The molecule has 15 heavy (non-hydrogen) atoms. The van der Waals surface area contributed by atoms with Gasteiger partial charge in [0.1, 0.15) is 0 Å². The van der Waals surface area contributed by atoms with E-state index in [4.69, 9.17) is 11.6 Å². The summed E-state index contributed by atoms with van der Waals surface area (Å²) in [6, 6.07) is 6.66. The third-order valence-electron chi connectivity index (χ3n) is 1.81. The van der Waals surface area contributed by atoms with Crippen molar-refractivity contribution in [1.82, 2.24) is 10.6 Å². The van der Waals surface area contributed by atoms with Crippen molar-refractivity contribution in [2.45, 2.75) is 0 Å². The Morgan fingerprint density at radius 2 is 2.00 bits per heavy atom. The number of rotatable bonds is 3. The zero-order valence-corrected chi connectivity index (χ0v) is 8.97. The van der Waals surface area contributed by atoms with Crippen LogP contribution in [-0.2, 0) is 4.79 Å². The molecule has 80 valence electrons. The number of nitrogens with one attached hydrogen (secondary N) is 2. The summed E-state index contributed by atoms with van der Waals surface area (Å²) in [5.41, 5.74) is 0.364. The molecule has 0 saturated carbocycles. The molecule has 0 atom stereocenters. The maximum Gasteiger partial charge on any atom is 0.253 e. The lowest BCUT2D eigenvalue weighted by molar-refractivity contribution is -0.119. The number of hydrogen-bond donors (Lipinski definition) is 2. The smallest absolute Gasteiger partial charge is 0.253 e. The largest absolute Gasteiger partial charge is 0.358 e. The van der Waals surface area contributed by atoms with Crippen LogP contribution < -0.4 is 10.6 Å². The van der Waals surface area contributed by atoms with E-state index < -0.39 is 0 Å². The van der Waals surface area contributed by atoms with E-state index >= 15 is 0 Å². The molecular weight excluding hydrogens is 216 g/mol. The lowest BCUT2D eigenvalue weighted by Gasteiger charge is -2.05. The van der Waals surface area contributed by atoms with Crippen LogP contribution in [0, 0.1) is 0 Å². The van der Waals surface area contributed by atoms with Crippen molar-refractivity contribution in [2.24, 2.45) is 0 Å². The molecule has 1 rings (SSSR count). The van der Waals surface area contributed by atoms with Gasteiger partial charge in [0.15, 0.2) is 0 Å². The maximum absolute atomic E-state index is 11.5. The summed E-state index contributed by atoms with van der Waals surface area (Å²) in [5, 5.41) is 5.22. The highest BCUT2D eigenvalue weighted by atomic mass is 35.5. The van der Waals surface area contributed by atoms with Crippen LogP contribution in [0.25, 0.3) is 0 Å². The molecule has 0 unspecified atom stereocenters. The zero-order chi connectivity index (χ0) is 11.3. The number of amides is 2. The van der Waals surface area contributed by atoms with Crippen LogP contribution >= 0.6 is 11.6 Å². The molecule has 0 spiro atoms. The second-order valence-corrected chi connectivity index (χ2v) is 3.24. The van der Waals surface area contributed by atoms with Crippen molar-refractivity contribution in [3.8, 4) is 0 Å². The Morgan fingerprint density at radius 3 is 2.60 bits per heavy atom. The van der Waals surface area contributed by atoms with Gasteiger partial charge in [-0.3, -0.25) is 9.59 Å². The van der Waals surface area contributed by atoms with Crippen molar-refractivity contribution in [3.05, 3.63) is 34.9 Å². The molecule has 2 N–H and O–H groups in total. The monoisotopic (exact) mass is 226 g/mol. The predicted octanol–water partition coefficient (Wildman–Crippen LogP) is 0.816. The summed E-state index contributed by atoms with van der Waals surface area (Å²) in [4.78, 5) is 22.4. The Balaban J connectivity index is 2.62. The van der Waals surface area contributed by atoms with Crippen LogP contribution in [0.1, 0.15) is 10.4 Å². The third kappa shape index (κ3) is 3.25. The second-order valence-electron chi connectivity index (χ2n) is 2.84. The van der Waals surface area contributed by atoms with E-state index in [0.717, 1.165) is 0 Å². The third-order valence-corrected chi connectivity index (χ3v) is 2.14. The molecule has 5 heteroatoms. The van der Waals surface area contributed by atoms with E-state index in [1.165, 1.54) is 7.05 Å². The number of carbonyl (C=O) groups is 2. The SMILES string of the molecule is CNC(=O)CNC(=O)c1ccccc1Cl. The molecule has 4 nitrogen and oxygen atoms in total. The predicted molar refractivity (Wildman–Crippen MR) is 57.9 cm³/mol. The van der Waals surface area contributed by atoms with Crippen LogP contribution in [0.4, 0.5) is 0 Å². The van der Waals surface area contributed by atoms with Crippen LogP contribution in [0.5, 0.6) is 0 Å². The summed E-state index contributed by atoms with van der Waals surface area (Å²) in [5.74, 6) is -0.611. The van der Waals surface area contributed by atoms with E-state index in [-0.39, 0.29) is 18.4 Å². The Kier molecular flexibility index (Phi) is 4.12. The van der Waals surface area contributed by atoms with Crippen LogP contribution in [0.2, 0.25) is 5.02 Å². The number of carbonyl (C=O) groups excluding carboxylic acids is 2. The first-order valence-electron chi connectivity index (χ1n) is 4.38. The van der Waals surface area contributed by atoms with Gasteiger partial charge in [-0.05, 0) is 12.1 Å². The fraction of sp³-hybridized carbons (Fsp3) is 0.200. The Labute approximate surface area is 92.6 Å². The molecule has 0 heterocycles. The molecule has 1 aromatic rings. The van der Waals surface area contributed by atoms with Crippen LogP contribution in [0.3, 0.4) is 0 Å². The normalized spacial score (nSPS) is 9.47. The van der Waals surface area contributed by atoms with E-state index in [9.17, 15) is 9.59 Å². The summed E-state index contributed by atoms with van der Waals surface area (Å²) < 4.78 is 0. The standard InChI is InChI=1S/C10H11ClN2O2/c1-12-9(14)6-13-10(15)7-4-2-3-5-8(7)11/h2-5H,6H2,1H3,(H,12,14)(H,13,15). The van der Waals surface area contributed by atoms with Gasteiger partial charge in [-0.15, -0.1) is 0 Å². The number of benzene rings is 1. The van der Waals surface area contributed by atoms with Gasteiger partial charge in [0.2, 0.25) is 5.91 Å². The highest BCUT2D eigenvalue weighted by Crippen LogP contribution is 2.14. The average Bonchev–Trinajstić information content (AvgIpc) is 2.26. The number of hydrogen-bond acceptors (Lipinski definition) is 2. The van der Waals surface area contributed by atoms with E-state index in [0.29, 0.717) is 10.6 Å². The number of likely N-dealkylation sites (N-methyl/N-ethyl adjacent to an activating group) is 1. The van der Waals surface area contributed by atoms with Gasteiger partial charge in [0.25, 0.3) is 5.91 Å². The fourth-order valence-electron chi connectivity index (χ4n) is 0.990. The molecule has 0 radical (unpaired) electrons. The van der Waals surface area contributed by atoms with E-state index in [1.54, 1.807) is 24.3 Å². The van der Waals surface area contributed by atoms with Gasteiger partial charge in [0.05, 0.1) is 17.1 Å². The van der Waals surface area contributed by atoms with Crippen molar-refractivity contribution in [2.75, 3.05) is 13.6 Å². The first-order valence-corrected chi connectivity index (χ1v) is 4.76. The topological polar surface area (TPSA) is 58.2 Å². The molecule has 0 fully saturated rings. The lowest BCUT2D eigenvalue weighted by Crippen LogP contribution is -2.35. The average molecular weight is 227 g/mol. The van der Waals surface area contributed by atoms with Gasteiger partial charge in [0, 0.05) is 7.05 Å². The quantitative estimate of drug-likeness (QED) is 0.802. The molecule has 2 amide bonds. The van der Waals surface area contributed by atoms with Crippen molar-refractivity contribution in [3.63, 3.8) is 0 Å². The van der Waals surface area contributed by atoms with Gasteiger partial charge in [-0.2, -0.15) is 0 Å². The second kappa shape index (κ2) is 5.36. The highest BCUT2D eigenvalue weighted by molar-refractivity contribution is 6.33. The zero-order valence-electron chi connectivity index (χ0n) is 8.21. The molecule has 0 aromatic heterocycles. The number of halogens is 1. The molecule has 0 aliphatic heterocycles. The van der Waals surface area contributed by atoms with Gasteiger partial charge < -0.3 is 10.6 Å². The maximum atomic E-state index is 11.5. The summed E-state index contributed by atoms with van der Waals surface area (Å²) in [6.07, 6.45) is 0. The molecule has 0 bridgehead atoms. The molecule has 0 aliphatic carbocycles. The molecular formula is C10H11ClN2O2. The molecule has 0 aliphatic rings. The van der Waals surface area contributed by atoms with Gasteiger partial charge in [-0.25, -0.2) is 0 Å². The Morgan fingerprint density at radius 1 is 1.33 bits per heavy atom. The van der Waals surface area contributed by atoms with Crippen LogP contribution in [-0.4, -0.2) is 25.4 Å². The first kappa shape index (κ1) is 11.5. The first-order chi connectivity index (χ1) is 7.15. The Hall–Kier alpha value is -1.55. The Bertz CT molecular complexity index is 379. The minimum Gasteiger partial charge on any atom is -0.358 e. The van der Waals surface area contributed by atoms with E-state index in [1.807, 2.05) is 0 Å². The summed E-state index contributed by atoms with van der Waals surface area (Å²) >= 11 is 5.81. The van der Waals surface area contributed by atoms with Gasteiger partial charge >= 0.3 is 0 Å². The summed E-state index contributed by atoms with van der Waals surface area (Å²) in [6.45, 7) is -0.0550. The van der Waals surface area contributed by atoms with Crippen LogP contribution in [0.15, 0.2) is 24.3 Å². The minimum atomic E-state index is -0.357. The minimum absolute atomic E-state index is 0.0550. The lowest BCUT2D eigenvalue weighted by atomic mass is 10.2. The fourth-order valence-corrected chi connectivity index (χ4v) is 1.21. The van der Waals surface area contributed by atoms with Crippen molar-refractivity contribution in [1.29, 1.82) is 0 Å². The highest BCUT2D eigenvalue weighted by Gasteiger charge is 2.09. The summed E-state index contributed by atoms with van der Waals surface area (Å²) in [7, 11) is 1.50. The van der Waals surface area contributed by atoms with Crippen molar-refractivity contribution >= 4 is 23.4 Å². The van der Waals surface area contributed by atoms with Gasteiger partial charge in [-0.1, -0.05) is 23.7 Å².